The largest absolute Gasteiger partial charge is 0.510 e. The Labute approximate surface area is 161 Å². The van der Waals surface area contributed by atoms with Crippen molar-refractivity contribution in [2.75, 3.05) is 5.75 Å². The van der Waals surface area contributed by atoms with Gasteiger partial charge in [0.25, 0.3) is 0 Å². The smallest absolute Gasteiger partial charge is 0.196 e. The second-order valence-electron chi connectivity index (χ2n) is 5.26. The van der Waals surface area contributed by atoms with E-state index in [0.717, 1.165) is 10.3 Å². The number of aromatic nitrogens is 4. The van der Waals surface area contributed by atoms with Gasteiger partial charge in [0.2, 0.25) is 0 Å². The van der Waals surface area contributed by atoms with Crippen molar-refractivity contribution in [3.8, 4) is 6.07 Å². The average molecular weight is 400 g/mol. The van der Waals surface area contributed by atoms with Crippen LogP contribution in [0.2, 0.25) is 5.02 Å². The number of fused-ring (bicyclic) bond motifs is 2. The van der Waals surface area contributed by atoms with Crippen LogP contribution in [0.25, 0.3) is 21.4 Å². The molecule has 0 amide bonds. The van der Waals surface area contributed by atoms with E-state index in [9.17, 15) is 10.4 Å². The Kier molecular flexibility index (Phi) is 4.51. The zero-order chi connectivity index (χ0) is 18.1. The number of thiazole rings is 1. The first-order valence-electron chi connectivity index (χ1n) is 7.47. The molecule has 0 fully saturated rings. The molecule has 4 aromatic rings. The molecule has 1 N–H and O–H groups in total. The Morgan fingerprint density at radius 1 is 1.31 bits per heavy atom. The van der Waals surface area contributed by atoms with E-state index in [-0.39, 0.29) is 17.1 Å². The van der Waals surface area contributed by atoms with Crippen LogP contribution in [0.1, 0.15) is 5.01 Å². The molecule has 3 heterocycles. The summed E-state index contributed by atoms with van der Waals surface area (Å²) in [6, 6.07) is 13.0. The SMILES string of the molecule is N#CC(=C(O)CSc1nnc2ccccn12)c1nc2cc(Cl)ccc2s1. The number of hydrogen-bond acceptors (Lipinski definition) is 7. The Morgan fingerprint density at radius 2 is 2.19 bits per heavy atom. The number of thioether (sulfide) groups is 1. The topological polar surface area (TPSA) is 87.1 Å². The minimum atomic E-state index is -0.0460. The molecule has 3 aromatic heterocycles. The van der Waals surface area contributed by atoms with Gasteiger partial charge in [0.05, 0.1) is 16.0 Å². The zero-order valence-corrected chi connectivity index (χ0v) is 15.5. The molecule has 0 saturated heterocycles. The monoisotopic (exact) mass is 399 g/mol. The van der Waals surface area contributed by atoms with Gasteiger partial charge in [0, 0.05) is 11.2 Å². The molecule has 0 aliphatic heterocycles. The molecule has 9 heteroatoms. The molecule has 1 aromatic carbocycles. The maximum Gasteiger partial charge on any atom is 0.196 e. The molecule has 0 radical (unpaired) electrons. The second kappa shape index (κ2) is 6.96. The third-order valence-electron chi connectivity index (χ3n) is 3.58. The van der Waals surface area contributed by atoms with Crippen molar-refractivity contribution in [2.45, 2.75) is 5.16 Å². The number of rotatable bonds is 4. The minimum Gasteiger partial charge on any atom is -0.510 e. The third-order valence-corrected chi connectivity index (χ3v) is 5.83. The number of allylic oxidation sites excluding steroid dienone is 1. The highest BCUT2D eigenvalue weighted by Crippen LogP contribution is 2.31. The molecule has 0 atom stereocenters. The van der Waals surface area contributed by atoms with Crippen molar-refractivity contribution in [2.24, 2.45) is 0 Å². The van der Waals surface area contributed by atoms with Gasteiger partial charge in [0.1, 0.15) is 22.4 Å². The summed E-state index contributed by atoms with van der Waals surface area (Å²) >= 11 is 8.62. The van der Waals surface area contributed by atoms with E-state index < -0.39 is 0 Å². The Hall–Kier alpha value is -2.60. The van der Waals surface area contributed by atoms with Gasteiger partial charge in [-0.05, 0) is 30.3 Å². The molecule has 0 aliphatic rings. The summed E-state index contributed by atoms with van der Waals surface area (Å²) in [7, 11) is 0. The summed E-state index contributed by atoms with van der Waals surface area (Å²) in [5, 5.41) is 29.8. The summed E-state index contributed by atoms with van der Waals surface area (Å²) in [5.74, 6) is 0.144. The average Bonchev–Trinajstić information content (AvgIpc) is 3.24. The quantitative estimate of drug-likeness (QED) is 0.307. The van der Waals surface area contributed by atoms with Crippen molar-refractivity contribution in [3.63, 3.8) is 0 Å². The van der Waals surface area contributed by atoms with Crippen LogP contribution in [-0.4, -0.2) is 30.4 Å². The third kappa shape index (κ3) is 3.12. The van der Waals surface area contributed by atoms with Gasteiger partial charge >= 0.3 is 0 Å². The van der Waals surface area contributed by atoms with Gasteiger partial charge in [-0.25, -0.2) is 4.98 Å². The van der Waals surface area contributed by atoms with E-state index in [1.54, 1.807) is 12.1 Å². The van der Waals surface area contributed by atoms with E-state index >= 15 is 0 Å². The zero-order valence-electron chi connectivity index (χ0n) is 13.1. The molecule has 6 nitrogen and oxygen atoms in total. The predicted octanol–water partition coefficient (Wildman–Crippen LogP) is 4.58. The van der Waals surface area contributed by atoms with Crippen molar-refractivity contribution in [1.29, 1.82) is 5.26 Å². The second-order valence-corrected chi connectivity index (χ2v) is 7.67. The van der Waals surface area contributed by atoms with Gasteiger partial charge in [-0.2, -0.15) is 5.26 Å². The Bertz CT molecular complexity index is 1190. The van der Waals surface area contributed by atoms with Crippen LogP contribution in [0.3, 0.4) is 0 Å². The summed E-state index contributed by atoms with van der Waals surface area (Å²) < 4.78 is 2.73. The number of benzene rings is 1. The highest BCUT2D eigenvalue weighted by Gasteiger charge is 2.15. The van der Waals surface area contributed by atoms with E-state index in [4.69, 9.17) is 11.6 Å². The van der Waals surface area contributed by atoms with Gasteiger partial charge in [-0.1, -0.05) is 29.4 Å². The number of aliphatic hydroxyl groups is 1. The van der Waals surface area contributed by atoms with Crippen LogP contribution >= 0.6 is 34.7 Å². The highest BCUT2D eigenvalue weighted by molar-refractivity contribution is 7.99. The van der Waals surface area contributed by atoms with Crippen LogP contribution in [0.4, 0.5) is 0 Å². The van der Waals surface area contributed by atoms with Crippen molar-refractivity contribution in [1.82, 2.24) is 19.6 Å². The van der Waals surface area contributed by atoms with E-state index in [1.165, 1.54) is 23.1 Å². The Morgan fingerprint density at radius 3 is 3.04 bits per heavy atom. The van der Waals surface area contributed by atoms with Gasteiger partial charge in [-0.15, -0.1) is 21.5 Å². The first-order chi connectivity index (χ1) is 12.7. The van der Waals surface area contributed by atoms with E-state index in [2.05, 4.69) is 15.2 Å². The molecule has 0 saturated carbocycles. The van der Waals surface area contributed by atoms with E-state index in [1.807, 2.05) is 40.9 Å². The molecule has 0 aliphatic carbocycles. The summed E-state index contributed by atoms with van der Waals surface area (Å²) in [6.07, 6.45) is 1.85. The van der Waals surface area contributed by atoms with Crippen molar-refractivity contribution >= 4 is 56.1 Å². The van der Waals surface area contributed by atoms with Gasteiger partial charge < -0.3 is 5.11 Å². The maximum atomic E-state index is 10.4. The molecule has 26 heavy (non-hydrogen) atoms. The fourth-order valence-electron chi connectivity index (χ4n) is 2.37. The predicted molar refractivity (Wildman–Crippen MR) is 104 cm³/mol. The summed E-state index contributed by atoms with van der Waals surface area (Å²) in [4.78, 5) is 4.41. The molecular weight excluding hydrogens is 390 g/mol. The van der Waals surface area contributed by atoms with Crippen molar-refractivity contribution in [3.05, 3.63) is 58.4 Å². The van der Waals surface area contributed by atoms with Crippen LogP contribution in [0, 0.1) is 11.3 Å². The molecule has 128 valence electrons. The maximum absolute atomic E-state index is 10.4. The number of halogens is 1. The van der Waals surface area contributed by atoms with Gasteiger partial charge in [-0.3, -0.25) is 4.40 Å². The van der Waals surface area contributed by atoms with Gasteiger partial charge in [0.15, 0.2) is 10.8 Å². The van der Waals surface area contributed by atoms with Crippen LogP contribution in [0.15, 0.2) is 53.5 Å². The molecule has 4 rings (SSSR count). The number of nitriles is 1. The lowest BCUT2D eigenvalue weighted by molar-refractivity contribution is 0.420. The number of hydrogen-bond donors (Lipinski definition) is 1. The molecule has 0 spiro atoms. The first-order valence-corrected chi connectivity index (χ1v) is 9.65. The lowest BCUT2D eigenvalue weighted by Gasteiger charge is -2.01. The standard InChI is InChI=1S/C17H10ClN5OS2/c18-10-4-5-14-12(7-10)20-16(26-14)11(8-19)13(24)9-25-17-22-21-15-3-1-2-6-23(15)17/h1-7,24H,9H2. The first kappa shape index (κ1) is 16.8. The lowest BCUT2D eigenvalue weighted by Crippen LogP contribution is -1.94. The molecular formula is C17H10ClN5OS2. The van der Waals surface area contributed by atoms with Crippen LogP contribution in [-0.2, 0) is 0 Å². The number of pyridine rings is 1. The Balaban J connectivity index is 1.63. The number of aliphatic hydroxyl groups excluding tert-OH is 1. The summed E-state index contributed by atoms with van der Waals surface area (Å²) in [5.41, 5.74) is 1.58. The lowest BCUT2D eigenvalue weighted by atomic mass is 10.2. The normalized spacial score (nSPS) is 12.3. The van der Waals surface area contributed by atoms with E-state index in [0.29, 0.717) is 20.7 Å². The van der Waals surface area contributed by atoms with Crippen LogP contribution in [0.5, 0.6) is 0 Å². The van der Waals surface area contributed by atoms with Crippen LogP contribution < -0.4 is 0 Å². The highest BCUT2D eigenvalue weighted by atomic mass is 35.5. The molecule has 0 bridgehead atoms. The number of nitrogens with zero attached hydrogens (tertiary/aromatic N) is 5. The fraction of sp³-hybridized carbons (Fsp3) is 0.0588. The fourth-order valence-corrected chi connectivity index (χ4v) is 4.30. The molecule has 0 unspecified atom stereocenters. The van der Waals surface area contributed by atoms with Crippen molar-refractivity contribution < 1.29 is 5.11 Å². The summed E-state index contributed by atoms with van der Waals surface area (Å²) in [6.45, 7) is 0. The minimum absolute atomic E-state index is 0.0460.